The molecule has 0 aliphatic rings. The highest BCUT2D eigenvalue weighted by Crippen LogP contribution is 2.53. The van der Waals surface area contributed by atoms with Gasteiger partial charge in [0.05, 0.1) is 5.69 Å². The zero-order valence-electron chi connectivity index (χ0n) is 10.5. The SMILES string of the molecule is O=C(Nc1ccccc1I)C(F)(F)C(F)(F)C(F)(F)C(F)(F)F. The molecule has 1 N–H and O–H groups in total. The van der Waals surface area contributed by atoms with E-state index in [-0.39, 0.29) is 3.57 Å². The number of carbonyl (C=O) groups is 1. The van der Waals surface area contributed by atoms with Gasteiger partial charge in [-0.2, -0.15) is 39.5 Å². The normalized spacial score (nSPS) is 13.8. The Balaban J connectivity index is 3.19. The maximum absolute atomic E-state index is 13.3. The van der Waals surface area contributed by atoms with E-state index < -0.39 is 35.5 Å². The Bertz CT molecular complexity index is 599. The number of nitrogens with one attached hydrogen (secondary N) is 1. The van der Waals surface area contributed by atoms with E-state index in [2.05, 4.69) is 0 Å². The summed E-state index contributed by atoms with van der Waals surface area (Å²) in [6, 6.07) is 4.78. The van der Waals surface area contributed by atoms with Crippen molar-refractivity contribution in [2.24, 2.45) is 0 Å². The van der Waals surface area contributed by atoms with Crippen molar-refractivity contribution < 1.29 is 44.3 Å². The van der Waals surface area contributed by atoms with E-state index in [1.165, 1.54) is 46.1 Å². The molecular formula is C11H5F9INO. The van der Waals surface area contributed by atoms with Crippen LogP contribution in [0, 0.1) is 3.57 Å². The third-order valence-corrected chi connectivity index (χ3v) is 3.49. The molecule has 1 amide bonds. The van der Waals surface area contributed by atoms with Crippen molar-refractivity contribution in [1.82, 2.24) is 0 Å². The number of benzene rings is 1. The highest BCUT2D eigenvalue weighted by atomic mass is 127. The summed E-state index contributed by atoms with van der Waals surface area (Å²) < 4.78 is 114. The molecule has 1 rings (SSSR count). The van der Waals surface area contributed by atoms with Gasteiger partial charge in [0.1, 0.15) is 0 Å². The maximum Gasteiger partial charge on any atom is 0.460 e. The number of alkyl halides is 9. The average Bonchev–Trinajstić information content (AvgIpc) is 2.39. The van der Waals surface area contributed by atoms with E-state index in [1.807, 2.05) is 0 Å². The molecule has 12 heteroatoms. The number of hydrogen-bond acceptors (Lipinski definition) is 1. The summed E-state index contributed by atoms with van der Waals surface area (Å²) in [4.78, 5) is 11.2. The van der Waals surface area contributed by atoms with Crippen LogP contribution < -0.4 is 5.32 Å². The second-order valence-corrected chi connectivity index (χ2v) is 5.32. The summed E-state index contributed by atoms with van der Waals surface area (Å²) in [5, 5.41) is 1.20. The third-order valence-electron chi connectivity index (χ3n) is 2.55. The molecule has 0 atom stereocenters. The van der Waals surface area contributed by atoms with Crippen LogP contribution in [0.2, 0.25) is 0 Å². The molecule has 2 nitrogen and oxygen atoms in total. The van der Waals surface area contributed by atoms with Gasteiger partial charge in [0.2, 0.25) is 0 Å². The lowest BCUT2D eigenvalue weighted by Crippen LogP contribution is -2.64. The molecule has 0 aromatic heterocycles. The van der Waals surface area contributed by atoms with Crippen LogP contribution in [0.3, 0.4) is 0 Å². The number of halogens is 10. The Morgan fingerprint density at radius 2 is 1.35 bits per heavy atom. The Kier molecular flexibility index (Phi) is 5.19. The number of anilines is 1. The van der Waals surface area contributed by atoms with Crippen LogP contribution in [-0.4, -0.2) is 29.9 Å². The second-order valence-electron chi connectivity index (χ2n) is 4.15. The Labute approximate surface area is 136 Å². The Morgan fingerprint density at radius 3 is 1.78 bits per heavy atom. The molecule has 0 aliphatic heterocycles. The lowest BCUT2D eigenvalue weighted by molar-refractivity contribution is -0.388. The van der Waals surface area contributed by atoms with Gasteiger partial charge < -0.3 is 5.32 Å². The standard InChI is InChI=1S/C11H5F9INO/c12-8(13,9(14,15)10(16,17)11(18,19)20)7(23)22-6-4-2-1-3-5(6)21/h1-4H,(H,22,23). The first-order chi connectivity index (χ1) is 10.2. The number of hydrogen-bond donors (Lipinski definition) is 1. The molecule has 0 bridgehead atoms. The summed E-state index contributed by atoms with van der Waals surface area (Å²) in [5.74, 6) is -23.4. The van der Waals surface area contributed by atoms with Crippen LogP contribution >= 0.6 is 22.6 Å². The van der Waals surface area contributed by atoms with Crippen molar-refractivity contribution in [1.29, 1.82) is 0 Å². The van der Waals surface area contributed by atoms with Crippen LogP contribution in [0.15, 0.2) is 24.3 Å². The smallest absolute Gasteiger partial charge is 0.320 e. The van der Waals surface area contributed by atoms with Crippen molar-refractivity contribution in [3.05, 3.63) is 27.8 Å². The van der Waals surface area contributed by atoms with Crippen LogP contribution in [0.4, 0.5) is 45.2 Å². The highest BCUT2D eigenvalue weighted by Gasteiger charge is 2.83. The van der Waals surface area contributed by atoms with E-state index >= 15 is 0 Å². The molecule has 0 radical (unpaired) electrons. The van der Waals surface area contributed by atoms with Gasteiger partial charge in [-0.1, -0.05) is 12.1 Å². The lowest BCUT2D eigenvalue weighted by Gasteiger charge is -2.32. The van der Waals surface area contributed by atoms with E-state index in [9.17, 15) is 44.3 Å². The minimum atomic E-state index is -7.11. The molecule has 0 heterocycles. The fourth-order valence-electron chi connectivity index (χ4n) is 1.28. The average molecular weight is 465 g/mol. The van der Waals surface area contributed by atoms with Gasteiger partial charge in [-0.05, 0) is 34.7 Å². The van der Waals surface area contributed by atoms with E-state index in [0.29, 0.717) is 0 Å². The van der Waals surface area contributed by atoms with Gasteiger partial charge in [0.25, 0.3) is 0 Å². The van der Waals surface area contributed by atoms with Crippen molar-refractivity contribution in [3.63, 3.8) is 0 Å². The number of para-hydroxylation sites is 1. The molecule has 0 saturated heterocycles. The summed E-state index contributed by atoms with van der Waals surface area (Å²) in [6.45, 7) is 0. The van der Waals surface area contributed by atoms with E-state index in [1.54, 1.807) is 0 Å². The molecule has 23 heavy (non-hydrogen) atoms. The molecule has 0 unspecified atom stereocenters. The predicted molar refractivity (Wildman–Crippen MR) is 68.7 cm³/mol. The van der Waals surface area contributed by atoms with Gasteiger partial charge >= 0.3 is 29.9 Å². The van der Waals surface area contributed by atoms with Gasteiger partial charge in [-0.3, -0.25) is 4.79 Å². The van der Waals surface area contributed by atoms with Crippen molar-refractivity contribution in [2.45, 2.75) is 23.9 Å². The number of amides is 1. The quantitative estimate of drug-likeness (QED) is 0.508. The summed E-state index contributed by atoms with van der Waals surface area (Å²) in [5.41, 5.74) is -0.455. The van der Waals surface area contributed by atoms with Crippen LogP contribution in [0.25, 0.3) is 0 Å². The van der Waals surface area contributed by atoms with Crippen LogP contribution in [0.5, 0.6) is 0 Å². The Hall–Kier alpha value is -1.21. The van der Waals surface area contributed by atoms with E-state index in [0.717, 1.165) is 6.07 Å². The van der Waals surface area contributed by atoms with E-state index in [4.69, 9.17) is 0 Å². The first kappa shape index (κ1) is 19.8. The van der Waals surface area contributed by atoms with Crippen molar-refractivity contribution >= 4 is 34.2 Å². The first-order valence-electron chi connectivity index (χ1n) is 5.42. The fraction of sp³-hybridized carbons (Fsp3) is 0.364. The fourth-order valence-corrected chi connectivity index (χ4v) is 1.80. The molecule has 0 aliphatic carbocycles. The molecular weight excluding hydrogens is 460 g/mol. The third kappa shape index (κ3) is 3.35. The number of rotatable bonds is 4. The zero-order valence-corrected chi connectivity index (χ0v) is 12.7. The predicted octanol–water partition coefficient (Wildman–Crippen LogP) is 4.70. The minimum absolute atomic E-state index is 0.0696. The lowest BCUT2D eigenvalue weighted by atomic mass is 10.0. The summed E-state index contributed by atoms with van der Waals surface area (Å²) >= 11 is 1.50. The van der Waals surface area contributed by atoms with Gasteiger partial charge in [0.15, 0.2) is 0 Å². The van der Waals surface area contributed by atoms with Crippen LogP contribution in [0.1, 0.15) is 0 Å². The van der Waals surface area contributed by atoms with Gasteiger partial charge in [-0.25, -0.2) is 0 Å². The second kappa shape index (κ2) is 6.02. The molecule has 0 spiro atoms. The minimum Gasteiger partial charge on any atom is -0.320 e. The van der Waals surface area contributed by atoms with Gasteiger partial charge in [0, 0.05) is 3.57 Å². The maximum atomic E-state index is 13.3. The van der Waals surface area contributed by atoms with Crippen LogP contribution in [-0.2, 0) is 4.79 Å². The summed E-state index contributed by atoms with van der Waals surface area (Å²) in [7, 11) is 0. The number of carbonyl (C=O) groups excluding carboxylic acids is 1. The van der Waals surface area contributed by atoms with Gasteiger partial charge in [-0.15, -0.1) is 0 Å². The summed E-state index contributed by atoms with van der Waals surface area (Å²) in [6.07, 6.45) is -6.97. The van der Waals surface area contributed by atoms with Crippen molar-refractivity contribution in [2.75, 3.05) is 5.32 Å². The molecule has 130 valence electrons. The monoisotopic (exact) mass is 465 g/mol. The first-order valence-corrected chi connectivity index (χ1v) is 6.50. The molecule has 1 aromatic rings. The topological polar surface area (TPSA) is 29.1 Å². The molecule has 0 saturated carbocycles. The molecule has 1 aromatic carbocycles. The Morgan fingerprint density at radius 1 is 0.870 bits per heavy atom. The zero-order chi connectivity index (χ0) is 18.3. The highest BCUT2D eigenvalue weighted by molar-refractivity contribution is 14.1. The molecule has 0 fully saturated rings. The van der Waals surface area contributed by atoms with Crippen molar-refractivity contribution in [3.8, 4) is 0 Å². The largest absolute Gasteiger partial charge is 0.460 e.